The Hall–Kier alpha value is -1.82. The van der Waals surface area contributed by atoms with Crippen LogP contribution in [0.4, 0.5) is 13.2 Å². The zero-order valence-corrected chi connectivity index (χ0v) is 43.2. The number of Topliss-reactive ketones (excluding diaryl/α,β-unsaturated/α-hetero) is 1. The van der Waals surface area contributed by atoms with Crippen molar-refractivity contribution in [1.82, 2.24) is 0 Å². The van der Waals surface area contributed by atoms with Crippen molar-refractivity contribution in [3.63, 3.8) is 0 Å². The highest BCUT2D eigenvalue weighted by molar-refractivity contribution is 14.1. The lowest BCUT2D eigenvalue weighted by Gasteiger charge is -2.34. The second kappa shape index (κ2) is 29.5. The van der Waals surface area contributed by atoms with Crippen LogP contribution in [0, 0.1) is 27.6 Å². The van der Waals surface area contributed by atoms with Crippen LogP contribution in [-0.4, -0.2) is 135 Å². The average molecular weight is 1120 g/mol. The molecule has 15 nitrogen and oxygen atoms in total. The number of hydrogen-bond acceptors (Lipinski definition) is 15. The molecule has 21 heteroatoms. The SMILES string of the molecule is COC(=O)C1(CCCCl)CCOCC1.COC(=O)C1(CCCI)CCOCC1.COC(=O)C1CCOCC1.O=C1CCCC12CCOCC2.O=S(=O)(OC1=CCCC12CCOCC2)C(F)(F)F. The molecule has 0 unspecified atom stereocenters. The summed E-state index contributed by atoms with van der Waals surface area (Å²) >= 11 is 7.99. The first kappa shape index (κ1) is 59.5. The lowest BCUT2D eigenvalue weighted by Crippen LogP contribution is -2.38. The Balaban J connectivity index is 0.000000225. The number of ketones is 1. The number of esters is 3. The van der Waals surface area contributed by atoms with Crippen LogP contribution in [0.3, 0.4) is 0 Å². The second-order valence-corrected chi connectivity index (χ2v) is 20.9. The molecule has 0 amide bonds. The van der Waals surface area contributed by atoms with Crippen molar-refractivity contribution in [1.29, 1.82) is 0 Å². The monoisotopic (exact) mass is 1120 g/mol. The first-order chi connectivity index (χ1) is 31.9. The molecule has 388 valence electrons. The van der Waals surface area contributed by atoms with Crippen molar-refractivity contribution in [3.8, 4) is 0 Å². The van der Waals surface area contributed by atoms with E-state index in [0.717, 1.165) is 114 Å². The highest BCUT2D eigenvalue weighted by Crippen LogP contribution is 2.49. The molecular formula is C46H73ClF3IO15S. The van der Waals surface area contributed by atoms with Gasteiger partial charge < -0.3 is 42.1 Å². The minimum absolute atomic E-state index is 0.0503. The van der Waals surface area contributed by atoms with Gasteiger partial charge in [-0.15, -0.1) is 11.6 Å². The minimum Gasteiger partial charge on any atom is -0.469 e. The molecule has 1 saturated carbocycles. The van der Waals surface area contributed by atoms with Crippen molar-refractivity contribution < 1.29 is 82.8 Å². The van der Waals surface area contributed by atoms with E-state index in [1.165, 1.54) is 27.4 Å². The first-order valence-electron chi connectivity index (χ1n) is 23.4. The van der Waals surface area contributed by atoms with E-state index in [1.54, 1.807) is 0 Å². The normalized spacial score (nSPS) is 22.9. The van der Waals surface area contributed by atoms with E-state index < -0.39 is 21.0 Å². The molecule has 0 atom stereocenters. The number of hydrogen-bond donors (Lipinski definition) is 0. The Bertz CT molecular complexity index is 1610. The van der Waals surface area contributed by atoms with Crippen molar-refractivity contribution >= 4 is 68.0 Å². The van der Waals surface area contributed by atoms with E-state index in [0.29, 0.717) is 90.2 Å². The Morgan fingerprint density at radius 1 is 0.687 bits per heavy atom. The first-order valence-corrected chi connectivity index (χ1v) is 26.9. The molecule has 7 aliphatic rings. The predicted octanol–water partition coefficient (Wildman–Crippen LogP) is 8.60. The number of carbonyl (C=O) groups excluding carboxylic acids is 4. The molecule has 0 aromatic carbocycles. The van der Waals surface area contributed by atoms with Gasteiger partial charge in [0, 0.05) is 89.2 Å². The largest absolute Gasteiger partial charge is 0.534 e. The molecule has 5 aliphatic heterocycles. The Morgan fingerprint density at radius 2 is 1.13 bits per heavy atom. The van der Waals surface area contributed by atoms with Crippen LogP contribution in [0.5, 0.6) is 0 Å². The van der Waals surface area contributed by atoms with Gasteiger partial charge in [0.05, 0.1) is 38.1 Å². The van der Waals surface area contributed by atoms with E-state index in [-0.39, 0.29) is 45.8 Å². The molecule has 0 aromatic heterocycles. The summed E-state index contributed by atoms with van der Waals surface area (Å²) in [7, 11) is -1.22. The van der Waals surface area contributed by atoms with Crippen molar-refractivity contribution in [2.75, 3.05) is 97.7 Å². The van der Waals surface area contributed by atoms with Gasteiger partial charge in [0.15, 0.2) is 0 Å². The summed E-state index contributed by atoms with van der Waals surface area (Å²) in [5, 5.41) is 0. The van der Waals surface area contributed by atoms with E-state index in [1.807, 2.05) is 0 Å². The molecule has 5 heterocycles. The molecule has 2 aliphatic carbocycles. The maximum absolute atomic E-state index is 12.3. The second-order valence-electron chi connectivity index (χ2n) is 17.9. The van der Waals surface area contributed by atoms with Crippen LogP contribution < -0.4 is 0 Å². The van der Waals surface area contributed by atoms with E-state index in [2.05, 4.69) is 31.5 Å². The Kier molecular flexibility index (Phi) is 26.2. The maximum Gasteiger partial charge on any atom is 0.534 e. The van der Waals surface area contributed by atoms with Crippen LogP contribution >= 0.6 is 34.2 Å². The van der Waals surface area contributed by atoms with Gasteiger partial charge in [-0.1, -0.05) is 22.6 Å². The number of halogens is 5. The van der Waals surface area contributed by atoms with Gasteiger partial charge >= 0.3 is 33.5 Å². The summed E-state index contributed by atoms with van der Waals surface area (Å²) in [6.07, 6.45) is 17.0. The number of alkyl halides is 5. The highest BCUT2D eigenvalue weighted by atomic mass is 127. The fraction of sp³-hybridized carbons (Fsp3) is 0.870. The molecular weight excluding hydrogens is 1040 g/mol. The third-order valence-corrected chi connectivity index (χ3v) is 16.0. The lowest BCUT2D eigenvalue weighted by molar-refractivity contribution is -0.160. The van der Waals surface area contributed by atoms with Crippen molar-refractivity contribution in [3.05, 3.63) is 11.8 Å². The zero-order chi connectivity index (χ0) is 49.5. The molecule has 5 saturated heterocycles. The van der Waals surface area contributed by atoms with Crippen molar-refractivity contribution in [2.24, 2.45) is 27.6 Å². The van der Waals surface area contributed by atoms with Gasteiger partial charge in [-0.2, -0.15) is 21.6 Å². The zero-order valence-electron chi connectivity index (χ0n) is 39.5. The number of allylic oxidation sites excluding steroid dienone is 2. The summed E-state index contributed by atoms with van der Waals surface area (Å²) < 4.78 is 105. The van der Waals surface area contributed by atoms with E-state index in [9.17, 15) is 40.8 Å². The van der Waals surface area contributed by atoms with Gasteiger partial charge in [0.2, 0.25) is 0 Å². The average Bonchev–Trinajstić information content (AvgIpc) is 3.90. The molecule has 67 heavy (non-hydrogen) atoms. The van der Waals surface area contributed by atoms with Crippen LogP contribution in [0.1, 0.15) is 122 Å². The fourth-order valence-corrected chi connectivity index (χ4v) is 10.7. The fourth-order valence-electron chi connectivity index (χ4n) is 9.63. The third kappa shape index (κ3) is 17.8. The standard InChI is InChI=1S/C10H17ClO3.C10H13F3O4S.C10H17IO3.C9H14O2.C7H12O3/c1-13-9(12)10(3-2-6-11)4-7-14-8-5-10;11-10(12,13)18(14,15)17-8-2-1-3-9(8)4-6-16-7-5-9;1-13-9(12)10(3-2-6-11)4-7-14-8-5-10;10-8-2-1-3-9(8)4-6-11-7-5-9;1-9-7(8)6-2-4-10-5-3-6/h2-8H2,1H3;2H,1,3-7H2;2-8H2,1H3;1-7H2;6H,2-5H2,1H3. The van der Waals surface area contributed by atoms with E-state index >= 15 is 0 Å². The van der Waals surface area contributed by atoms with Crippen LogP contribution in [-0.2, 0) is 71.4 Å². The number of carbonyl (C=O) groups is 4. The van der Waals surface area contributed by atoms with Crippen molar-refractivity contribution in [2.45, 2.75) is 128 Å². The molecule has 6 fully saturated rings. The molecule has 2 spiro atoms. The molecule has 0 N–H and O–H groups in total. The van der Waals surface area contributed by atoms with Gasteiger partial charge in [-0.05, 0) is 126 Å². The van der Waals surface area contributed by atoms with Gasteiger partial charge in [0.25, 0.3) is 0 Å². The van der Waals surface area contributed by atoms with Gasteiger partial charge in [-0.3, -0.25) is 19.2 Å². The summed E-state index contributed by atoms with van der Waals surface area (Å²) in [4.78, 5) is 45.8. The predicted molar refractivity (Wildman–Crippen MR) is 250 cm³/mol. The Morgan fingerprint density at radius 3 is 1.54 bits per heavy atom. The summed E-state index contributed by atoms with van der Waals surface area (Å²) in [6, 6.07) is 0. The minimum atomic E-state index is -5.57. The Labute approximate surface area is 413 Å². The third-order valence-electron chi connectivity index (χ3n) is 14.0. The summed E-state index contributed by atoms with van der Waals surface area (Å²) in [5.74, 6) is 0.863. The van der Waals surface area contributed by atoms with E-state index in [4.69, 9.17) is 44.8 Å². The topological polar surface area (TPSA) is 185 Å². The number of ether oxygens (including phenoxy) is 8. The van der Waals surface area contributed by atoms with Crippen LogP contribution in [0.2, 0.25) is 0 Å². The molecule has 0 aromatic rings. The van der Waals surface area contributed by atoms with Crippen LogP contribution in [0.15, 0.2) is 11.8 Å². The van der Waals surface area contributed by atoms with Gasteiger partial charge in [0.1, 0.15) is 11.5 Å². The summed E-state index contributed by atoms with van der Waals surface area (Å²) in [5.41, 5.74) is -6.50. The molecule has 7 rings (SSSR count). The highest BCUT2D eigenvalue weighted by Gasteiger charge is 2.52. The summed E-state index contributed by atoms with van der Waals surface area (Å²) in [6.45, 7) is 6.48. The molecule has 0 radical (unpaired) electrons. The maximum atomic E-state index is 12.3. The van der Waals surface area contributed by atoms with Crippen LogP contribution in [0.25, 0.3) is 0 Å². The number of rotatable bonds is 11. The quantitative estimate of drug-likeness (QED) is 0.0478. The van der Waals surface area contributed by atoms with Gasteiger partial charge in [-0.25, -0.2) is 0 Å². The molecule has 0 bridgehead atoms. The smallest absolute Gasteiger partial charge is 0.469 e. The lowest BCUT2D eigenvalue weighted by atomic mass is 9.76. The number of methoxy groups -OCH3 is 3.